The van der Waals surface area contributed by atoms with Gasteiger partial charge in [-0.15, -0.1) is 0 Å². The highest BCUT2D eigenvalue weighted by Crippen LogP contribution is 2.33. The van der Waals surface area contributed by atoms with Crippen molar-refractivity contribution in [3.8, 4) is 0 Å². The minimum Gasteiger partial charge on any atom is -0.302 e. The predicted molar refractivity (Wildman–Crippen MR) is 129 cm³/mol. The first-order chi connectivity index (χ1) is 14.4. The normalized spacial score (nSPS) is 15.4. The van der Waals surface area contributed by atoms with Crippen LogP contribution in [0, 0.1) is 13.8 Å². The molecule has 152 valence electrons. The van der Waals surface area contributed by atoms with Crippen LogP contribution < -0.4 is 5.32 Å². The van der Waals surface area contributed by atoms with Crippen LogP contribution in [0.4, 0.5) is 5.13 Å². The van der Waals surface area contributed by atoms with Crippen LogP contribution >= 0.6 is 35.3 Å². The van der Waals surface area contributed by atoms with Gasteiger partial charge < -0.3 is 5.32 Å². The van der Waals surface area contributed by atoms with Crippen LogP contribution in [0.2, 0.25) is 0 Å². The average molecular weight is 454 g/mol. The fraction of sp³-hybridized carbons (Fsp3) is 0.182. The summed E-state index contributed by atoms with van der Waals surface area (Å²) in [5, 5.41) is 3.39. The third-order valence-electron chi connectivity index (χ3n) is 4.60. The maximum Gasteiger partial charge on any atom is 0.266 e. The largest absolute Gasteiger partial charge is 0.302 e. The summed E-state index contributed by atoms with van der Waals surface area (Å²) in [5.41, 5.74) is 4.12. The van der Waals surface area contributed by atoms with Gasteiger partial charge in [-0.05, 0) is 43.2 Å². The summed E-state index contributed by atoms with van der Waals surface area (Å²) in [6.07, 6.45) is 1.99. The number of nitrogens with one attached hydrogen (secondary N) is 1. The number of benzene rings is 2. The van der Waals surface area contributed by atoms with E-state index in [-0.39, 0.29) is 24.8 Å². The van der Waals surface area contributed by atoms with Crippen LogP contribution in [0.3, 0.4) is 0 Å². The van der Waals surface area contributed by atoms with Gasteiger partial charge in [0, 0.05) is 13.0 Å². The van der Waals surface area contributed by atoms with Gasteiger partial charge in [0.1, 0.15) is 4.32 Å². The number of rotatable bonds is 5. The lowest BCUT2D eigenvalue weighted by Gasteiger charge is -2.13. The molecule has 1 fully saturated rings. The number of thiazole rings is 1. The lowest BCUT2D eigenvalue weighted by molar-refractivity contribution is -0.122. The number of anilines is 1. The Balaban J connectivity index is 1.37. The second-order valence-corrected chi connectivity index (χ2v) is 9.74. The van der Waals surface area contributed by atoms with Gasteiger partial charge in [0.25, 0.3) is 5.91 Å². The zero-order chi connectivity index (χ0) is 21.3. The Morgan fingerprint density at radius 1 is 1.17 bits per heavy atom. The minimum atomic E-state index is -0.192. The third-order valence-corrected chi connectivity index (χ3v) is 6.91. The summed E-state index contributed by atoms with van der Waals surface area (Å²) >= 11 is 8.06. The van der Waals surface area contributed by atoms with Gasteiger partial charge in [-0.2, -0.15) is 0 Å². The molecule has 8 heteroatoms. The van der Waals surface area contributed by atoms with E-state index in [0.717, 1.165) is 26.9 Å². The number of thioether (sulfide) groups is 1. The number of aromatic nitrogens is 1. The summed E-state index contributed by atoms with van der Waals surface area (Å²) in [5.74, 6) is -0.351. The summed E-state index contributed by atoms with van der Waals surface area (Å²) in [7, 11) is 0. The number of amides is 2. The molecule has 1 aliphatic heterocycles. The van der Waals surface area contributed by atoms with E-state index >= 15 is 0 Å². The van der Waals surface area contributed by atoms with Crippen molar-refractivity contribution < 1.29 is 9.59 Å². The molecule has 1 aliphatic rings. The number of nitrogens with zero attached hydrogens (tertiary/aromatic N) is 2. The summed E-state index contributed by atoms with van der Waals surface area (Å²) in [6.45, 7) is 4.28. The molecule has 0 aliphatic carbocycles. The topological polar surface area (TPSA) is 62.3 Å². The first-order valence-corrected chi connectivity index (χ1v) is 11.4. The average Bonchev–Trinajstić information content (AvgIpc) is 3.21. The zero-order valence-electron chi connectivity index (χ0n) is 16.5. The molecule has 30 heavy (non-hydrogen) atoms. The second kappa shape index (κ2) is 8.67. The Hall–Kier alpha value is -2.55. The molecule has 0 radical (unpaired) electrons. The van der Waals surface area contributed by atoms with E-state index in [1.807, 2.05) is 62.4 Å². The molecule has 0 unspecified atom stereocenters. The van der Waals surface area contributed by atoms with Crippen molar-refractivity contribution >= 4 is 72.9 Å². The lowest BCUT2D eigenvalue weighted by atomic mass is 10.1. The molecule has 1 saturated heterocycles. The molecule has 1 aromatic heterocycles. The van der Waals surface area contributed by atoms with Crippen LogP contribution in [0.5, 0.6) is 0 Å². The first kappa shape index (κ1) is 20.7. The minimum absolute atomic E-state index is 0.152. The standard InChI is InChI=1S/C22H19N3O2S3/c1-13-3-6-15(7-4-13)12-18-20(27)25(22(28)30-18)10-9-19(26)24-21-23-16-8-5-14(2)11-17(16)29-21/h3-8,11-12H,9-10H2,1-2H3,(H,23,24,26)/b18-12-. The fourth-order valence-corrected chi connectivity index (χ4v) is 5.28. The molecule has 1 N–H and O–H groups in total. The maximum absolute atomic E-state index is 12.7. The smallest absolute Gasteiger partial charge is 0.266 e. The van der Waals surface area contributed by atoms with E-state index in [2.05, 4.69) is 10.3 Å². The highest BCUT2D eigenvalue weighted by atomic mass is 32.2. The van der Waals surface area contributed by atoms with Gasteiger partial charge in [-0.1, -0.05) is 71.2 Å². The van der Waals surface area contributed by atoms with E-state index in [1.54, 1.807) is 0 Å². The molecule has 4 rings (SSSR count). The molecule has 3 aromatic rings. The zero-order valence-corrected chi connectivity index (χ0v) is 18.9. The molecule has 2 aromatic carbocycles. The third kappa shape index (κ3) is 4.61. The van der Waals surface area contributed by atoms with Crippen molar-refractivity contribution in [3.05, 3.63) is 64.1 Å². The van der Waals surface area contributed by atoms with Crippen LogP contribution in [-0.4, -0.2) is 32.6 Å². The van der Waals surface area contributed by atoms with Gasteiger partial charge in [-0.25, -0.2) is 4.98 Å². The van der Waals surface area contributed by atoms with Gasteiger partial charge in [-0.3, -0.25) is 14.5 Å². The molecule has 0 atom stereocenters. The highest BCUT2D eigenvalue weighted by molar-refractivity contribution is 8.26. The van der Waals surface area contributed by atoms with E-state index in [0.29, 0.717) is 14.4 Å². The quantitative estimate of drug-likeness (QED) is 0.428. The monoisotopic (exact) mass is 453 g/mol. The van der Waals surface area contributed by atoms with Crippen molar-refractivity contribution in [3.63, 3.8) is 0 Å². The lowest BCUT2D eigenvalue weighted by Crippen LogP contribution is -2.31. The van der Waals surface area contributed by atoms with Crippen molar-refractivity contribution in [2.75, 3.05) is 11.9 Å². The van der Waals surface area contributed by atoms with Crippen LogP contribution in [0.15, 0.2) is 47.4 Å². The van der Waals surface area contributed by atoms with Crippen molar-refractivity contribution in [2.24, 2.45) is 0 Å². The molecule has 2 heterocycles. The van der Waals surface area contributed by atoms with E-state index in [4.69, 9.17) is 12.2 Å². The molecule has 0 spiro atoms. The molecule has 5 nitrogen and oxygen atoms in total. The van der Waals surface area contributed by atoms with Gasteiger partial charge in [0.2, 0.25) is 5.91 Å². The Morgan fingerprint density at radius 2 is 1.90 bits per heavy atom. The van der Waals surface area contributed by atoms with Crippen molar-refractivity contribution in [1.29, 1.82) is 0 Å². The molecule has 0 saturated carbocycles. The number of carbonyl (C=O) groups excluding carboxylic acids is 2. The summed E-state index contributed by atoms with van der Waals surface area (Å²) < 4.78 is 1.50. The Labute approximate surface area is 188 Å². The Morgan fingerprint density at radius 3 is 2.67 bits per heavy atom. The van der Waals surface area contributed by atoms with Crippen molar-refractivity contribution in [2.45, 2.75) is 20.3 Å². The van der Waals surface area contributed by atoms with Gasteiger partial charge in [0.05, 0.1) is 15.1 Å². The number of hydrogen-bond acceptors (Lipinski definition) is 6. The fourth-order valence-electron chi connectivity index (χ4n) is 2.99. The van der Waals surface area contributed by atoms with Gasteiger partial charge >= 0.3 is 0 Å². The predicted octanol–water partition coefficient (Wildman–Crippen LogP) is 5.14. The molecule has 2 amide bonds. The number of carbonyl (C=O) groups is 2. The highest BCUT2D eigenvalue weighted by Gasteiger charge is 2.32. The molecular formula is C22H19N3O2S3. The van der Waals surface area contributed by atoms with Gasteiger partial charge in [0.15, 0.2) is 5.13 Å². The van der Waals surface area contributed by atoms with Crippen LogP contribution in [0.1, 0.15) is 23.1 Å². The van der Waals surface area contributed by atoms with Crippen LogP contribution in [0.25, 0.3) is 16.3 Å². The Bertz CT molecular complexity index is 1180. The summed E-state index contributed by atoms with van der Waals surface area (Å²) in [4.78, 5) is 31.6. The molecular weight excluding hydrogens is 434 g/mol. The maximum atomic E-state index is 12.7. The number of hydrogen-bond donors (Lipinski definition) is 1. The number of aryl methyl sites for hydroxylation is 2. The SMILES string of the molecule is Cc1ccc(/C=C2\SC(=S)N(CCC(=O)Nc3nc4ccc(C)cc4s3)C2=O)cc1. The molecule has 0 bridgehead atoms. The van der Waals surface area contributed by atoms with E-state index < -0.39 is 0 Å². The van der Waals surface area contributed by atoms with Crippen LogP contribution in [-0.2, 0) is 9.59 Å². The summed E-state index contributed by atoms with van der Waals surface area (Å²) in [6, 6.07) is 13.9. The van der Waals surface area contributed by atoms with E-state index in [9.17, 15) is 9.59 Å². The van der Waals surface area contributed by atoms with Crippen molar-refractivity contribution in [1.82, 2.24) is 9.88 Å². The first-order valence-electron chi connectivity index (χ1n) is 9.38. The number of thiocarbonyl (C=S) groups is 1. The second-order valence-electron chi connectivity index (χ2n) is 7.03. The Kier molecular flexibility index (Phi) is 5.99. The van der Waals surface area contributed by atoms with E-state index in [1.165, 1.54) is 28.0 Å². The number of fused-ring (bicyclic) bond motifs is 1.